The van der Waals surface area contributed by atoms with E-state index in [9.17, 15) is 9.59 Å². The molecule has 2 amide bonds. The lowest BCUT2D eigenvalue weighted by molar-refractivity contribution is -0.129. The lowest BCUT2D eigenvalue weighted by Crippen LogP contribution is -2.43. The van der Waals surface area contributed by atoms with Crippen molar-refractivity contribution in [2.24, 2.45) is 5.92 Å². The molecule has 1 heterocycles. The zero-order chi connectivity index (χ0) is 19.2. The number of rotatable bonds is 3. The van der Waals surface area contributed by atoms with E-state index < -0.39 is 0 Å². The maximum absolute atomic E-state index is 12.7. The monoisotopic (exact) mass is 360 g/mol. The van der Waals surface area contributed by atoms with Gasteiger partial charge in [0.1, 0.15) is 0 Å². The summed E-state index contributed by atoms with van der Waals surface area (Å²) < 4.78 is 0. The van der Waals surface area contributed by atoms with Crippen molar-refractivity contribution < 1.29 is 9.59 Å². The van der Waals surface area contributed by atoms with E-state index in [2.05, 4.69) is 42.3 Å². The number of piperidine rings is 1. The van der Waals surface area contributed by atoms with Gasteiger partial charge in [-0.3, -0.25) is 9.59 Å². The zero-order valence-electron chi connectivity index (χ0n) is 15.8. The summed E-state index contributed by atoms with van der Waals surface area (Å²) in [6.45, 7) is 4.80. The molecule has 0 aromatic heterocycles. The van der Waals surface area contributed by atoms with Crippen LogP contribution in [-0.4, -0.2) is 29.8 Å². The molecule has 1 fully saturated rings. The fourth-order valence-electron chi connectivity index (χ4n) is 3.41. The standard InChI is InChI=1S/C23H24N2O2/c1-3-7-22(26)25-13-6-11-20(16-25)23(27)24-21-12-5-10-19(15-21)18-9-4-8-17(2)14-18/h4-5,8-10,12,14-15,20H,6,11,13,16H2,1-2H3,(H,24,27)/t20-/m1/s1. The maximum atomic E-state index is 12.7. The molecule has 1 aliphatic heterocycles. The average Bonchev–Trinajstić information content (AvgIpc) is 2.68. The third-order valence-electron chi connectivity index (χ3n) is 4.79. The minimum absolute atomic E-state index is 0.0432. The van der Waals surface area contributed by atoms with Gasteiger partial charge in [0.15, 0.2) is 0 Å². The molecule has 1 saturated heterocycles. The molecule has 2 aromatic rings. The van der Waals surface area contributed by atoms with Gasteiger partial charge in [-0.25, -0.2) is 0 Å². The third kappa shape index (κ3) is 4.77. The van der Waals surface area contributed by atoms with E-state index in [0.717, 1.165) is 29.7 Å². The summed E-state index contributed by atoms with van der Waals surface area (Å²) in [5.41, 5.74) is 4.16. The molecule has 1 aliphatic rings. The Labute approximate surface area is 160 Å². The topological polar surface area (TPSA) is 49.4 Å². The van der Waals surface area contributed by atoms with E-state index in [4.69, 9.17) is 0 Å². The number of carbonyl (C=O) groups excluding carboxylic acids is 2. The van der Waals surface area contributed by atoms with Gasteiger partial charge in [-0.2, -0.15) is 0 Å². The first-order valence-corrected chi connectivity index (χ1v) is 9.26. The van der Waals surface area contributed by atoms with Gasteiger partial charge in [0, 0.05) is 18.8 Å². The van der Waals surface area contributed by atoms with Crippen LogP contribution in [0.1, 0.15) is 25.3 Å². The maximum Gasteiger partial charge on any atom is 0.298 e. The summed E-state index contributed by atoms with van der Waals surface area (Å²) >= 11 is 0. The van der Waals surface area contributed by atoms with Gasteiger partial charge in [-0.1, -0.05) is 47.9 Å². The van der Waals surface area contributed by atoms with Crippen LogP contribution in [0.25, 0.3) is 11.1 Å². The lowest BCUT2D eigenvalue weighted by Gasteiger charge is -2.30. The Morgan fingerprint density at radius 2 is 1.85 bits per heavy atom. The highest BCUT2D eigenvalue weighted by molar-refractivity contribution is 5.96. The number of hydrogen-bond donors (Lipinski definition) is 1. The first kappa shape index (κ1) is 18.7. The molecule has 0 aliphatic carbocycles. The van der Waals surface area contributed by atoms with E-state index in [1.165, 1.54) is 5.56 Å². The van der Waals surface area contributed by atoms with Crippen molar-refractivity contribution in [2.75, 3.05) is 18.4 Å². The molecule has 0 spiro atoms. The van der Waals surface area contributed by atoms with Crippen molar-refractivity contribution in [1.29, 1.82) is 0 Å². The van der Waals surface area contributed by atoms with Gasteiger partial charge < -0.3 is 10.2 Å². The fourth-order valence-corrected chi connectivity index (χ4v) is 3.41. The zero-order valence-corrected chi connectivity index (χ0v) is 15.8. The van der Waals surface area contributed by atoms with Crippen LogP contribution < -0.4 is 5.32 Å². The highest BCUT2D eigenvalue weighted by atomic mass is 16.2. The van der Waals surface area contributed by atoms with Crippen molar-refractivity contribution in [3.05, 3.63) is 54.1 Å². The number of carbonyl (C=O) groups is 2. The molecule has 1 atom stereocenters. The number of benzene rings is 2. The average molecular weight is 360 g/mol. The molecule has 0 bridgehead atoms. The molecule has 0 saturated carbocycles. The highest BCUT2D eigenvalue weighted by Crippen LogP contribution is 2.25. The number of nitrogens with zero attached hydrogens (tertiary/aromatic N) is 1. The van der Waals surface area contributed by atoms with Gasteiger partial charge in [-0.05, 0) is 55.9 Å². The SMILES string of the molecule is CC#CC(=O)N1CCC[C@@H](C(=O)Nc2cccc(-c3cccc(C)c3)c2)C1. The van der Waals surface area contributed by atoms with Crippen molar-refractivity contribution >= 4 is 17.5 Å². The van der Waals surface area contributed by atoms with Gasteiger partial charge in [0.05, 0.1) is 5.92 Å². The Morgan fingerprint density at radius 3 is 2.59 bits per heavy atom. The second kappa shape index (κ2) is 8.55. The number of nitrogens with one attached hydrogen (secondary N) is 1. The van der Waals surface area contributed by atoms with Crippen LogP contribution in [0.2, 0.25) is 0 Å². The van der Waals surface area contributed by atoms with Gasteiger partial charge in [0.25, 0.3) is 5.91 Å². The van der Waals surface area contributed by atoms with E-state index >= 15 is 0 Å². The molecule has 3 rings (SSSR count). The molecular weight excluding hydrogens is 336 g/mol. The minimum Gasteiger partial charge on any atom is -0.331 e. The van der Waals surface area contributed by atoms with Crippen molar-refractivity contribution in [3.8, 4) is 23.0 Å². The fraction of sp³-hybridized carbons (Fsp3) is 0.304. The van der Waals surface area contributed by atoms with Crippen LogP contribution in [0.5, 0.6) is 0 Å². The molecule has 138 valence electrons. The van der Waals surface area contributed by atoms with Crippen LogP contribution >= 0.6 is 0 Å². The predicted octanol–water partition coefficient (Wildman–Crippen LogP) is 3.86. The Kier molecular flexibility index (Phi) is 5.93. The second-order valence-electron chi connectivity index (χ2n) is 6.90. The van der Waals surface area contributed by atoms with Crippen LogP contribution in [0, 0.1) is 24.7 Å². The summed E-state index contributed by atoms with van der Waals surface area (Å²) in [5.74, 6) is 4.75. The van der Waals surface area contributed by atoms with E-state index in [0.29, 0.717) is 13.1 Å². The number of hydrogen-bond acceptors (Lipinski definition) is 2. The Balaban J connectivity index is 1.69. The van der Waals surface area contributed by atoms with E-state index in [-0.39, 0.29) is 17.7 Å². The van der Waals surface area contributed by atoms with Gasteiger partial charge >= 0.3 is 0 Å². The molecule has 4 nitrogen and oxygen atoms in total. The molecular formula is C23H24N2O2. The van der Waals surface area contributed by atoms with Gasteiger partial charge in [0.2, 0.25) is 5.91 Å². The summed E-state index contributed by atoms with van der Waals surface area (Å²) in [7, 11) is 0. The predicted molar refractivity (Wildman–Crippen MR) is 108 cm³/mol. The summed E-state index contributed by atoms with van der Waals surface area (Å²) in [6.07, 6.45) is 1.60. The molecule has 1 N–H and O–H groups in total. The first-order valence-electron chi connectivity index (χ1n) is 9.26. The van der Waals surface area contributed by atoms with Crippen molar-refractivity contribution in [3.63, 3.8) is 0 Å². The third-order valence-corrected chi connectivity index (χ3v) is 4.79. The Morgan fingerprint density at radius 1 is 1.11 bits per heavy atom. The molecule has 0 radical (unpaired) electrons. The summed E-state index contributed by atoms with van der Waals surface area (Å²) in [5, 5.41) is 3.01. The first-order chi connectivity index (χ1) is 13.1. The molecule has 0 unspecified atom stereocenters. The van der Waals surface area contributed by atoms with Crippen LogP contribution in [-0.2, 0) is 9.59 Å². The van der Waals surface area contributed by atoms with E-state index in [1.807, 2.05) is 30.3 Å². The normalized spacial score (nSPS) is 16.2. The van der Waals surface area contributed by atoms with E-state index in [1.54, 1.807) is 11.8 Å². The quantitative estimate of drug-likeness (QED) is 0.845. The number of anilines is 1. The second-order valence-corrected chi connectivity index (χ2v) is 6.90. The molecule has 2 aromatic carbocycles. The highest BCUT2D eigenvalue weighted by Gasteiger charge is 2.27. The number of amides is 2. The summed E-state index contributed by atoms with van der Waals surface area (Å²) in [6, 6.07) is 16.1. The van der Waals surface area contributed by atoms with Gasteiger partial charge in [-0.15, -0.1) is 0 Å². The largest absolute Gasteiger partial charge is 0.331 e. The number of likely N-dealkylation sites (tertiary alicyclic amines) is 1. The Hall–Kier alpha value is -3.06. The Bertz CT molecular complexity index is 908. The lowest BCUT2D eigenvalue weighted by atomic mass is 9.96. The minimum atomic E-state index is -0.205. The molecule has 4 heteroatoms. The van der Waals surface area contributed by atoms with Crippen molar-refractivity contribution in [2.45, 2.75) is 26.7 Å². The number of aryl methyl sites for hydroxylation is 1. The van der Waals surface area contributed by atoms with Crippen LogP contribution in [0.3, 0.4) is 0 Å². The smallest absolute Gasteiger partial charge is 0.298 e. The molecule has 27 heavy (non-hydrogen) atoms. The summed E-state index contributed by atoms with van der Waals surface area (Å²) in [4.78, 5) is 26.4. The van der Waals surface area contributed by atoms with Crippen LogP contribution in [0.15, 0.2) is 48.5 Å². The van der Waals surface area contributed by atoms with Crippen LogP contribution in [0.4, 0.5) is 5.69 Å². The van der Waals surface area contributed by atoms with Crippen molar-refractivity contribution in [1.82, 2.24) is 4.90 Å².